The maximum Gasteiger partial charge on any atom is 0.147 e. The van der Waals surface area contributed by atoms with Crippen molar-refractivity contribution >= 4 is 9.84 Å². The zero-order chi connectivity index (χ0) is 9.19. The molecule has 1 rings (SSSR count). The molecule has 1 fully saturated rings. The van der Waals surface area contributed by atoms with Gasteiger partial charge in [0.1, 0.15) is 9.84 Å². The van der Waals surface area contributed by atoms with Crippen LogP contribution in [0.4, 0.5) is 0 Å². The minimum atomic E-state index is -2.94. The zero-order valence-electron chi connectivity index (χ0n) is 6.95. The Hall–Kier alpha value is -0.600. The lowest BCUT2D eigenvalue weighted by atomic mass is 10.0. The number of nitrogens with one attached hydrogen (secondary N) is 1. The second kappa shape index (κ2) is 3.42. The number of sulfone groups is 1. The van der Waals surface area contributed by atoms with Crippen LogP contribution in [0.5, 0.6) is 0 Å². The number of rotatable bonds is 2. The molecule has 4 nitrogen and oxygen atoms in total. The van der Waals surface area contributed by atoms with E-state index in [0.717, 1.165) is 0 Å². The quantitative estimate of drug-likeness (QED) is 0.627. The van der Waals surface area contributed by atoms with Crippen molar-refractivity contribution in [2.75, 3.05) is 25.1 Å². The Morgan fingerprint density at radius 2 is 2.25 bits per heavy atom. The number of nitrogens with zero attached hydrogens (tertiary/aromatic N) is 1. The topological polar surface area (TPSA) is 70.0 Å². The van der Waals surface area contributed by atoms with Crippen LogP contribution in [-0.4, -0.2) is 33.5 Å². The minimum absolute atomic E-state index is 0.0231. The molecule has 0 radical (unpaired) electrons. The summed E-state index contributed by atoms with van der Waals surface area (Å²) in [5, 5.41) is 11.7. The SMILES string of the molecule is CS(=O)(=O)C[C@@H]1CNC[C@H]1C#N. The van der Waals surface area contributed by atoms with Gasteiger partial charge in [-0.1, -0.05) is 0 Å². The first-order valence-corrected chi connectivity index (χ1v) is 5.87. The highest BCUT2D eigenvalue weighted by molar-refractivity contribution is 7.90. The molecule has 0 saturated carbocycles. The van der Waals surface area contributed by atoms with Crippen LogP contribution in [0, 0.1) is 23.2 Å². The third kappa shape index (κ3) is 2.47. The van der Waals surface area contributed by atoms with Gasteiger partial charge in [-0.15, -0.1) is 0 Å². The van der Waals surface area contributed by atoms with E-state index in [1.165, 1.54) is 6.26 Å². The molecule has 1 N–H and O–H groups in total. The van der Waals surface area contributed by atoms with E-state index in [2.05, 4.69) is 11.4 Å². The van der Waals surface area contributed by atoms with Crippen molar-refractivity contribution < 1.29 is 8.42 Å². The lowest BCUT2D eigenvalue weighted by Crippen LogP contribution is -2.21. The summed E-state index contributed by atoms with van der Waals surface area (Å²) in [6.45, 7) is 1.27. The second-order valence-electron chi connectivity index (χ2n) is 3.25. The minimum Gasteiger partial charge on any atom is -0.315 e. The van der Waals surface area contributed by atoms with E-state index >= 15 is 0 Å². The first-order valence-electron chi connectivity index (χ1n) is 3.81. The van der Waals surface area contributed by atoms with E-state index in [4.69, 9.17) is 5.26 Å². The molecule has 2 atom stereocenters. The predicted octanol–water partition coefficient (Wildman–Crippen LogP) is -0.610. The summed E-state index contributed by atoms with van der Waals surface area (Å²) in [7, 11) is -2.94. The van der Waals surface area contributed by atoms with Gasteiger partial charge in [-0.3, -0.25) is 0 Å². The molecular formula is C7H12N2O2S. The zero-order valence-corrected chi connectivity index (χ0v) is 7.76. The Morgan fingerprint density at radius 1 is 1.58 bits per heavy atom. The molecule has 68 valence electrons. The van der Waals surface area contributed by atoms with E-state index in [-0.39, 0.29) is 17.6 Å². The molecule has 0 aromatic heterocycles. The molecule has 1 aliphatic heterocycles. The smallest absolute Gasteiger partial charge is 0.147 e. The number of hydrogen-bond acceptors (Lipinski definition) is 4. The van der Waals surface area contributed by atoms with Gasteiger partial charge in [-0.25, -0.2) is 8.42 Å². The van der Waals surface area contributed by atoms with E-state index in [1.807, 2.05) is 0 Å². The highest BCUT2D eigenvalue weighted by Gasteiger charge is 2.29. The highest BCUT2D eigenvalue weighted by atomic mass is 32.2. The monoisotopic (exact) mass is 188 g/mol. The fraction of sp³-hybridized carbons (Fsp3) is 0.857. The first kappa shape index (κ1) is 9.49. The maximum absolute atomic E-state index is 10.9. The molecule has 1 aliphatic rings. The largest absolute Gasteiger partial charge is 0.315 e. The van der Waals surface area contributed by atoms with Crippen LogP contribution in [0.25, 0.3) is 0 Å². The van der Waals surface area contributed by atoms with Gasteiger partial charge in [0.2, 0.25) is 0 Å². The molecule has 0 aromatic rings. The summed E-state index contributed by atoms with van der Waals surface area (Å²) >= 11 is 0. The van der Waals surface area contributed by atoms with E-state index in [9.17, 15) is 8.42 Å². The van der Waals surface area contributed by atoms with Gasteiger partial charge in [0.15, 0.2) is 0 Å². The maximum atomic E-state index is 10.9. The van der Waals surface area contributed by atoms with Crippen LogP contribution in [0.3, 0.4) is 0 Å². The summed E-state index contributed by atoms with van der Waals surface area (Å²) in [4.78, 5) is 0. The van der Waals surface area contributed by atoms with Crippen LogP contribution in [0.15, 0.2) is 0 Å². The van der Waals surface area contributed by atoms with Gasteiger partial charge in [-0.2, -0.15) is 5.26 Å². The highest BCUT2D eigenvalue weighted by Crippen LogP contribution is 2.17. The van der Waals surface area contributed by atoms with E-state index in [1.54, 1.807) is 0 Å². The van der Waals surface area contributed by atoms with Gasteiger partial charge in [-0.05, 0) is 0 Å². The van der Waals surface area contributed by atoms with Crippen molar-refractivity contribution in [1.29, 1.82) is 5.26 Å². The van der Waals surface area contributed by atoms with Crippen molar-refractivity contribution in [3.8, 4) is 6.07 Å². The number of nitriles is 1. The standard InChI is InChI=1S/C7H12N2O2S/c1-12(10,11)5-7-4-9-3-6(7)2-8/h6-7,9H,3-5H2,1H3/t6-,7+/m1/s1. The third-order valence-electron chi connectivity index (χ3n) is 2.02. The molecule has 0 aliphatic carbocycles. The van der Waals surface area contributed by atoms with Gasteiger partial charge in [0, 0.05) is 25.3 Å². The lowest BCUT2D eigenvalue weighted by Gasteiger charge is -2.09. The summed E-state index contributed by atoms with van der Waals surface area (Å²) in [5.74, 6) is -0.0391. The average Bonchev–Trinajstić information content (AvgIpc) is 2.31. The summed E-state index contributed by atoms with van der Waals surface area (Å²) in [6, 6.07) is 2.11. The molecule has 5 heteroatoms. The van der Waals surface area contributed by atoms with Gasteiger partial charge < -0.3 is 5.32 Å². The molecule has 0 unspecified atom stereocenters. The Balaban J connectivity index is 2.59. The van der Waals surface area contributed by atoms with Crippen LogP contribution in [0.1, 0.15) is 0 Å². The van der Waals surface area contributed by atoms with Gasteiger partial charge in [0.25, 0.3) is 0 Å². The Morgan fingerprint density at radius 3 is 2.75 bits per heavy atom. The fourth-order valence-corrected chi connectivity index (χ4v) is 2.58. The molecule has 0 bridgehead atoms. The molecule has 0 spiro atoms. The summed E-state index contributed by atoms with van der Waals surface area (Å²) in [5.41, 5.74) is 0. The van der Waals surface area contributed by atoms with Crippen LogP contribution >= 0.6 is 0 Å². The molecule has 12 heavy (non-hydrogen) atoms. The summed E-state index contributed by atoms with van der Waals surface area (Å²) < 4.78 is 21.8. The fourth-order valence-electron chi connectivity index (χ4n) is 1.45. The predicted molar refractivity (Wildman–Crippen MR) is 45.2 cm³/mol. The van der Waals surface area contributed by atoms with Crippen molar-refractivity contribution in [1.82, 2.24) is 5.32 Å². The van der Waals surface area contributed by atoms with Crippen molar-refractivity contribution in [3.63, 3.8) is 0 Å². The molecule has 1 heterocycles. The normalized spacial score (nSPS) is 30.0. The van der Waals surface area contributed by atoms with Crippen LogP contribution in [-0.2, 0) is 9.84 Å². The number of hydrogen-bond donors (Lipinski definition) is 1. The first-order chi connectivity index (χ1) is 5.53. The Labute approximate surface area is 72.5 Å². The molecule has 0 aromatic carbocycles. The molecule has 1 saturated heterocycles. The van der Waals surface area contributed by atoms with E-state index < -0.39 is 9.84 Å². The molecule has 0 amide bonds. The second-order valence-corrected chi connectivity index (χ2v) is 5.43. The summed E-state index contributed by atoms with van der Waals surface area (Å²) in [6.07, 6.45) is 1.21. The van der Waals surface area contributed by atoms with Gasteiger partial charge >= 0.3 is 0 Å². The van der Waals surface area contributed by atoms with Crippen LogP contribution in [0.2, 0.25) is 0 Å². The molecular weight excluding hydrogens is 176 g/mol. The lowest BCUT2D eigenvalue weighted by molar-refractivity contribution is 0.533. The van der Waals surface area contributed by atoms with E-state index in [0.29, 0.717) is 13.1 Å². The third-order valence-corrected chi connectivity index (χ3v) is 3.06. The van der Waals surface area contributed by atoms with Crippen molar-refractivity contribution in [2.45, 2.75) is 0 Å². The Kier molecular flexibility index (Phi) is 2.70. The van der Waals surface area contributed by atoms with Gasteiger partial charge in [0.05, 0.1) is 17.7 Å². The van der Waals surface area contributed by atoms with Crippen molar-refractivity contribution in [2.24, 2.45) is 11.8 Å². The van der Waals surface area contributed by atoms with Crippen molar-refractivity contribution in [3.05, 3.63) is 0 Å². The average molecular weight is 188 g/mol. The Bertz CT molecular complexity index is 291. The van der Waals surface area contributed by atoms with Crippen LogP contribution < -0.4 is 5.32 Å².